The molecule has 0 saturated carbocycles. The van der Waals surface area contributed by atoms with Gasteiger partial charge in [0, 0.05) is 17.8 Å². The highest BCUT2D eigenvalue weighted by Crippen LogP contribution is 2.17. The molecule has 5 heteroatoms. The molecule has 2 aromatic carbocycles. The molecule has 3 nitrogen and oxygen atoms in total. The average Bonchev–Trinajstić information content (AvgIpc) is 2.47. The summed E-state index contributed by atoms with van der Waals surface area (Å²) in [5.74, 6) is 0.533. The molecule has 0 aliphatic rings. The molecule has 0 aliphatic heterocycles. The lowest BCUT2D eigenvalue weighted by molar-refractivity contribution is 0.336. The van der Waals surface area contributed by atoms with Crippen molar-refractivity contribution < 1.29 is 9.13 Å². The summed E-state index contributed by atoms with van der Waals surface area (Å²) in [7, 11) is 0. The second kappa shape index (κ2) is 7.59. The smallest absolute Gasteiger partial charge is 0.171 e. The lowest BCUT2D eigenvalue weighted by Crippen LogP contribution is -2.28. The first-order chi connectivity index (χ1) is 10.2. The number of thiocarbonyl (C=S) groups is 1. The maximum absolute atomic E-state index is 13.1. The molecule has 0 aromatic heterocycles. The number of halogens is 1. The molecule has 2 rings (SSSR count). The van der Waals surface area contributed by atoms with E-state index in [0.29, 0.717) is 24.0 Å². The summed E-state index contributed by atoms with van der Waals surface area (Å²) in [6.07, 6.45) is 0. The van der Waals surface area contributed by atoms with Crippen LogP contribution in [0.2, 0.25) is 0 Å². The zero-order chi connectivity index (χ0) is 15.1. The average molecular weight is 304 g/mol. The molecule has 21 heavy (non-hydrogen) atoms. The molecule has 0 atom stereocenters. The van der Waals surface area contributed by atoms with Crippen molar-refractivity contribution in [2.45, 2.75) is 13.5 Å². The van der Waals surface area contributed by atoms with Gasteiger partial charge in [0.05, 0.1) is 6.61 Å². The minimum atomic E-state index is -0.301. The van der Waals surface area contributed by atoms with E-state index in [1.165, 1.54) is 12.1 Å². The zero-order valence-electron chi connectivity index (χ0n) is 11.7. The maximum atomic E-state index is 13.1. The number of ether oxygens (including phenoxy) is 1. The molecular formula is C16H17FN2OS. The van der Waals surface area contributed by atoms with Gasteiger partial charge in [-0.15, -0.1) is 0 Å². The molecule has 0 aliphatic carbocycles. The first kappa shape index (κ1) is 15.3. The van der Waals surface area contributed by atoms with Gasteiger partial charge in [-0.3, -0.25) is 0 Å². The van der Waals surface area contributed by atoms with E-state index in [2.05, 4.69) is 10.6 Å². The Morgan fingerprint density at radius 1 is 1.19 bits per heavy atom. The minimum Gasteiger partial charge on any atom is -0.494 e. The second-order valence-corrected chi connectivity index (χ2v) is 4.77. The quantitative estimate of drug-likeness (QED) is 0.825. The summed E-state index contributed by atoms with van der Waals surface area (Å²) in [5.41, 5.74) is 1.63. The van der Waals surface area contributed by atoms with Crippen LogP contribution >= 0.6 is 12.2 Å². The van der Waals surface area contributed by atoms with Crippen LogP contribution in [-0.2, 0) is 6.54 Å². The van der Waals surface area contributed by atoms with Crippen LogP contribution < -0.4 is 15.4 Å². The van der Waals surface area contributed by atoms with Crippen molar-refractivity contribution in [1.82, 2.24) is 5.32 Å². The summed E-state index contributed by atoms with van der Waals surface area (Å²) in [6, 6.07) is 13.9. The Bertz CT molecular complexity index is 619. The van der Waals surface area contributed by atoms with Gasteiger partial charge in [0.2, 0.25) is 0 Å². The van der Waals surface area contributed by atoms with Gasteiger partial charge in [0.1, 0.15) is 11.6 Å². The minimum absolute atomic E-state index is 0.301. The first-order valence-corrected chi connectivity index (χ1v) is 7.11. The summed E-state index contributed by atoms with van der Waals surface area (Å²) in [6.45, 7) is 3.10. The molecule has 0 spiro atoms. The van der Waals surface area contributed by atoms with Crippen molar-refractivity contribution in [2.75, 3.05) is 11.9 Å². The van der Waals surface area contributed by atoms with Gasteiger partial charge in [-0.2, -0.15) is 0 Å². The fraction of sp³-hybridized carbons (Fsp3) is 0.188. The van der Waals surface area contributed by atoms with E-state index in [1.54, 1.807) is 12.1 Å². The Kier molecular flexibility index (Phi) is 5.51. The number of benzene rings is 2. The SMILES string of the molecule is CCOc1ccccc1CNC(=S)Nc1cccc(F)c1. The molecule has 0 bridgehead atoms. The van der Waals surface area contributed by atoms with Gasteiger partial charge in [-0.1, -0.05) is 24.3 Å². The molecule has 0 heterocycles. The van der Waals surface area contributed by atoms with Crippen LogP contribution in [0.25, 0.3) is 0 Å². The van der Waals surface area contributed by atoms with Crippen LogP contribution in [0.1, 0.15) is 12.5 Å². The Balaban J connectivity index is 1.92. The van der Waals surface area contributed by atoms with Gasteiger partial charge in [-0.05, 0) is 43.4 Å². The van der Waals surface area contributed by atoms with Crippen LogP contribution in [-0.4, -0.2) is 11.7 Å². The number of hydrogen-bond donors (Lipinski definition) is 2. The predicted molar refractivity (Wildman–Crippen MR) is 87.1 cm³/mol. The number of anilines is 1. The third kappa shape index (κ3) is 4.72. The molecule has 2 aromatic rings. The zero-order valence-corrected chi connectivity index (χ0v) is 12.5. The topological polar surface area (TPSA) is 33.3 Å². The first-order valence-electron chi connectivity index (χ1n) is 6.70. The van der Waals surface area contributed by atoms with Crippen LogP contribution in [0, 0.1) is 5.82 Å². The Morgan fingerprint density at radius 2 is 2.00 bits per heavy atom. The molecule has 0 amide bonds. The number of para-hydroxylation sites is 1. The van der Waals surface area contributed by atoms with Crippen LogP contribution in [0.4, 0.5) is 10.1 Å². The fourth-order valence-corrected chi connectivity index (χ4v) is 2.05. The fourth-order valence-electron chi connectivity index (χ4n) is 1.86. The van der Waals surface area contributed by atoms with Gasteiger partial charge in [-0.25, -0.2) is 4.39 Å². The summed E-state index contributed by atoms with van der Waals surface area (Å²) < 4.78 is 18.6. The highest BCUT2D eigenvalue weighted by atomic mass is 32.1. The molecule has 110 valence electrons. The van der Waals surface area contributed by atoms with E-state index in [-0.39, 0.29) is 5.82 Å². The van der Waals surface area contributed by atoms with Crippen molar-refractivity contribution >= 4 is 23.0 Å². The van der Waals surface area contributed by atoms with Crippen LogP contribution in [0.5, 0.6) is 5.75 Å². The van der Waals surface area contributed by atoms with E-state index in [1.807, 2.05) is 31.2 Å². The van der Waals surface area contributed by atoms with E-state index in [9.17, 15) is 4.39 Å². The van der Waals surface area contributed by atoms with E-state index >= 15 is 0 Å². The molecular weight excluding hydrogens is 287 g/mol. The largest absolute Gasteiger partial charge is 0.494 e. The predicted octanol–water partition coefficient (Wildman–Crippen LogP) is 3.71. The Morgan fingerprint density at radius 3 is 2.76 bits per heavy atom. The highest BCUT2D eigenvalue weighted by Gasteiger charge is 2.04. The summed E-state index contributed by atoms with van der Waals surface area (Å²) >= 11 is 5.20. The van der Waals surface area contributed by atoms with Crippen molar-refractivity contribution in [2.24, 2.45) is 0 Å². The molecule has 0 radical (unpaired) electrons. The van der Waals surface area contributed by atoms with Crippen molar-refractivity contribution in [3.05, 3.63) is 59.9 Å². The monoisotopic (exact) mass is 304 g/mol. The van der Waals surface area contributed by atoms with Crippen molar-refractivity contribution in [1.29, 1.82) is 0 Å². The number of rotatable bonds is 5. The molecule has 0 saturated heterocycles. The normalized spacial score (nSPS) is 10.0. The second-order valence-electron chi connectivity index (χ2n) is 4.36. The molecule has 2 N–H and O–H groups in total. The highest BCUT2D eigenvalue weighted by molar-refractivity contribution is 7.80. The van der Waals surface area contributed by atoms with Crippen molar-refractivity contribution in [3.8, 4) is 5.75 Å². The summed E-state index contributed by atoms with van der Waals surface area (Å²) in [4.78, 5) is 0. The van der Waals surface area contributed by atoms with E-state index in [4.69, 9.17) is 17.0 Å². The van der Waals surface area contributed by atoms with Gasteiger partial charge < -0.3 is 15.4 Å². The van der Waals surface area contributed by atoms with Gasteiger partial charge in [0.15, 0.2) is 5.11 Å². The van der Waals surface area contributed by atoms with Gasteiger partial charge in [0.25, 0.3) is 0 Å². The van der Waals surface area contributed by atoms with E-state index in [0.717, 1.165) is 11.3 Å². The third-order valence-electron chi connectivity index (χ3n) is 2.79. The van der Waals surface area contributed by atoms with Crippen molar-refractivity contribution in [3.63, 3.8) is 0 Å². The number of hydrogen-bond acceptors (Lipinski definition) is 2. The number of nitrogens with one attached hydrogen (secondary N) is 2. The standard InChI is InChI=1S/C16H17FN2OS/c1-2-20-15-9-4-3-6-12(15)11-18-16(21)19-14-8-5-7-13(17)10-14/h3-10H,2,11H2,1H3,(H2,18,19,21). The maximum Gasteiger partial charge on any atom is 0.171 e. The van der Waals surface area contributed by atoms with Crippen LogP contribution in [0.3, 0.4) is 0 Å². The van der Waals surface area contributed by atoms with Crippen LogP contribution in [0.15, 0.2) is 48.5 Å². The third-order valence-corrected chi connectivity index (χ3v) is 3.04. The molecule has 0 fully saturated rings. The Labute approximate surface area is 129 Å². The van der Waals surface area contributed by atoms with Gasteiger partial charge >= 0.3 is 0 Å². The lowest BCUT2D eigenvalue weighted by atomic mass is 10.2. The molecule has 0 unspecified atom stereocenters. The summed E-state index contributed by atoms with van der Waals surface area (Å²) in [5, 5.41) is 6.46. The lowest BCUT2D eigenvalue weighted by Gasteiger charge is -2.13. The van der Waals surface area contributed by atoms with E-state index < -0.39 is 0 Å². The Hall–Kier alpha value is -2.14.